The SMILES string of the molecule is CCC[C@H](NC(=O)Nc1cc(Cl)cc(Cl)c1)C(=O)O. The minimum atomic E-state index is -1.07. The van der Waals surface area contributed by atoms with Crippen molar-refractivity contribution in [1.82, 2.24) is 5.32 Å². The van der Waals surface area contributed by atoms with Crippen LogP contribution in [0.3, 0.4) is 0 Å². The topological polar surface area (TPSA) is 78.4 Å². The second-order valence-electron chi connectivity index (χ2n) is 3.94. The van der Waals surface area contributed by atoms with E-state index in [0.717, 1.165) is 0 Å². The van der Waals surface area contributed by atoms with Crippen LogP contribution in [0.1, 0.15) is 19.8 Å². The van der Waals surface area contributed by atoms with Crippen LogP contribution in [0.15, 0.2) is 18.2 Å². The number of aliphatic carboxylic acids is 1. The van der Waals surface area contributed by atoms with Crippen molar-refractivity contribution >= 4 is 40.9 Å². The molecular weight excluding hydrogens is 291 g/mol. The molecule has 0 heterocycles. The fourth-order valence-electron chi connectivity index (χ4n) is 1.50. The summed E-state index contributed by atoms with van der Waals surface area (Å²) >= 11 is 11.6. The van der Waals surface area contributed by atoms with Gasteiger partial charge in [-0.15, -0.1) is 0 Å². The monoisotopic (exact) mass is 304 g/mol. The lowest BCUT2D eigenvalue weighted by molar-refractivity contribution is -0.139. The first kappa shape index (κ1) is 15.6. The zero-order valence-electron chi connectivity index (χ0n) is 10.2. The maximum Gasteiger partial charge on any atom is 0.326 e. The maximum atomic E-state index is 11.7. The molecule has 0 saturated carbocycles. The lowest BCUT2D eigenvalue weighted by Crippen LogP contribution is -2.42. The highest BCUT2D eigenvalue weighted by atomic mass is 35.5. The second-order valence-corrected chi connectivity index (χ2v) is 4.81. The average Bonchev–Trinajstić information content (AvgIpc) is 2.26. The Kier molecular flexibility index (Phi) is 5.92. The predicted octanol–water partition coefficient (Wildman–Crippen LogP) is 3.37. The number of carbonyl (C=O) groups is 2. The number of hydrogen-bond donors (Lipinski definition) is 3. The van der Waals surface area contributed by atoms with Crippen molar-refractivity contribution in [2.24, 2.45) is 0 Å². The third-order valence-corrected chi connectivity index (χ3v) is 2.74. The van der Waals surface area contributed by atoms with Crippen LogP contribution in [-0.2, 0) is 4.79 Å². The molecule has 3 N–H and O–H groups in total. The Bertz CT molecular complexity index is 460. The zero-order valence-corrected chi connectivity index (χ0v) is 11.8. The fraction of sp³-hybridized carbons (Fsp3) is 0.333. The molecule has 1 aromatic rings. The Hall–Kier alpha value is -1.46. The minimum absolute atomic E-state index is 0.360. The second kappa shape index (κ2) is 7.21. The smallest absolute Gasteiger partial charge is 0.326 e. The standard InChI is InChI=1S/C12H14Cl2N2O3/c1-2-3-10(11(17)18)16-12(19)15-9-5-7(13)4-8(14)6-9/h4-6,10H,2-3H2,1H3,(H,17,18)(H2,15,16,19)/t10-/m0/s1. The molecule has 1 rings (SSSR count). The summed E-state index contributed by atoms with van der Waals surface area (Å²) in [6, 6.07) is 3.04. The largest absolute Gasteiger partial charge is 0.480 e. The van der Waals surface area contributed by atoms with Gasteiger partial charge in [-0.25, -0.2) is 9.59 Å². The minimum Gasteiger partial charge on any atom is -0.480 e. The number of carboxylic acids is 1. The van der Waals surface area contributed by atoms with Gasteiger partial charge in [0.15, 0.2) is 0 Å². The van der Waals surface area contributed by atoms with Crippen molar-refractivity contribution in [2.45, 2.75) is 25.8 Å². The normalized spacial score (nSPS) is 11.7. The van der Waals surface area contributed by atoms with Gasteiger partial charge in [0.1, 0.15) is 6.04 Å². The molecule has 7 heteroatoms. The van der Waals surface area contributed by atoms with E-state index < -0.39 is 18.0 Å². The zero-order chi connectivity index (χ0) is 14.4. The van der Waals surface area contributed by atoms with Crippen molar-refractivity contribution in [2.75, 3.05) is 5.32 Å². The van der Waals surface area contributed by atoms with Crippen LogP contribution in [0.2, 0.25) is 10.0 Å². The first-order valence-corrected chi connectivity index (χ1v) is 6.44. The Morgan fingerprint density at radius 1 is 1.26 bits per heavy atom. The summed E-state index contributed by atoms with van der Waals surface area (Å²) in [5, 5.41) is 14.5. The van der Waals surface area contributed by atoms with Gasteiger partial charge in [-0.2, -0.15) is 0 Å². The van der Waals surface area contributed by atoms with Gasteiger partial charge in [-0.1, -0.05) is 36.5 Å². The molecule has 19 heavy (non-hydrogen) atoms. The van der Waals surface area contributed by atoms with Gasteiger partial charge >= 0.3 is 12.0 Å². The van der Waals surface area contributed by atoms with Gasteiger partial charge in [0.25, 0.3) is 0 Å². The molecule has 0 saturated heterocycles. The third kappa shape index (κ3) is 5.36. The van der Waals surface area contributed by atoms with E-state index in [1.54, 1.807) is 0 Å². The first-order chi connectivity index (χ1) is 8.92. The van der Waals surface area contributed by atoms with Gasteiger partial charge < -0.3 is 15.7 Å². The quantitative estimate of drug-likeness (QED) is 0.780. The number of hydrogen-bond acceptors (Lipinski definition) is 2. The first-order valence-electron chi connectivity index (χ1n) is 5.68. The average molecular weight is 305 g/mol. The number of nitrogens with one attached hydrogen (secondary N) is 2. The van der Waals surface area contributed by atoms with E-state index in [2.05, 4.69) is 10.6 Å². The molecule has 0 aliphatic carbocycles. The number of carbonyl (C=O) groups excluding carboxylic acids is 1. The summed E-state index contributed by atoms with van der Waals surface area (Å²) < 4.78 is 0. The van der Waals surface area contributed by atoms with Gasteiger partial charge in [0.2, 0.25) is 0 Å². The van der Waals surface area contributed by atoms with E-state index in [4.69, 9.17) is 28.3 Å². The third-order valence-electron chi connectivity index (χ3n) is 2.30. The van der Waals surface area contributed by atoms with Crippen LogP contribution in [0, 0.1) is 0 Å². The summed E-state index contributed by atoms with van der Waals surface area (Å²) in [7, 11) is 0. The molecule has 104 valence electrons. The van der Waals surface area contributed by atoms with Crippen molar-refractivity contribution in [3.05, 3.63) is 28.2 Å². The molecule has 2 amide bonds. The molecule has 0 aliphatic rings. The summed E-state index contributed by atoms with van der Waals surface area (Å²) in [6.45, 7) is 1.84. The number of benzene rings is 1. The molecule has 1 aromatic carbocycles. The molecule has 0 fully saturated rings. The molecule has 0 unspecified atom stereocenters. The van der Waals surface area contributed by atoms with E-state index in [9.17, 15) is 9.59 Å². The Morgan fingerprint density at radius 3 is 2.32 bits per heavy atom. The predicted molar refractivity (Wildman–Crippen MR) is 74.9 cm³/mol. The Labute approximate surface area is 120 Å². The molecule has 0 bridgehead atoms. The summed E-state index contributed by atoms with van der Waals surface area (Å²) in [6.07, 6.45) is 1.01. The Balaban J connectivity index is 2.66. The van der Waals surface area contributed by atoms with Crippen LogP contribution in [0.25, 0.3) is 0 Å². The molecule has 5 nitrogen and oxygen atoms in total. The van der Waals surface area contributed by atoms with Gasteiger partial charge in [0, 0.05) is 15.7 Å². The van der Waals surface area contributed by atoms with Crippen LogP contribution in [-0.4, -0.2) is 23.1 Å². The highest BCUT2D eigenvalue weighted by Gasteiger charge is 2.18. The van der Waals surface area contributed by atoms with Crippen molar-refractivity contribution < 1.29 is 14.7 Å². The van der Waals surface area contributed by atoms with E-state index in [0.29, 0.717) is 28.6 Å². The molecule has 0 aromatic heterocycles. The van der Waals surface area contributed by atoms with E-state index in [-0.39, 0.29) is 0 Å². The Morgan fingerprint density at radius 2 is 1.84 bits per heavy atom. The van der Waals surface area contributed by atoms with Crippen LogP contribution in [0.5, 0.6) is 0 Å². The molecule has 0 radical (unpaired) electrons. The molecular formula is C12H14Cl2N2O3. The van der Waals surface area contributed by atoms with Crippen LogP contribution < -0.4 is 10.6 Å². The maximum absolute atomic E-state index is 11.7. The number of halogens is 2. The fourth-order valence-corrected chi connectivity index (χ4v) is 2.02. The van der Waals surface area contributed by atoms with Crippen LogP contribution >= 0.6 is 23.2 Å². The van der Waals surface area contributed by atoms with E-state index >= 15 is 0 Å². The number of rotatable bonds is 5. The lowest BCUT2D eigenvalue weighted by Gasteiger charge is -2.14. The summed E-state index contributed by atoms with van der Waals surface area (Å²) in [5.41, 5.74) is 0.399. The summed E-state index contributed by atoms with van der Waals surface area (Å²) in [5.74, 6) is -1.07. The van der Waals surface area contributed by atoms with E-state index in [1.165, 1.54) is 18.2 Å². The van der Waals surface area contributed by atoms with Crippen molar-refractivity contribution in [3.63, 3.8) is 0 Å². The highest BCUT2D eigenvalue weighted by molar-refractivity contribution is 6.35. The van der Waals surface area contributed by atoms with Gasteiger partial charge in [-0.3, -0.25) is 0 Å². The molecule has 0 aliphatic heterocycles. The number of urea groups is 1. The van der Waals surface area contributed by atoms with Crippen molar-refractivity contribution in [3.8, 4) is 0 Å². The summed E-state index contributed by atoms with van der Waals surface area (Å²) in [4.78, 5) is 22.6. The lowest BCUT2D eigenvalue weighted by atomic mass is 10.2. The number of amides is 2. The van der Waals surface area contributed by atoms with Crippen molar-refractivity contribution in [1.29, 1.82) is 0 Å². The van der Waals surface area contributed by atoms with Crippen LogP contribution in [0.4, 0.5) is 10.5 Å². The molecule has 0 spiro atoms. The van der Waals surface area contributed by atoms with E-state index in [1.807, 2.05) is 6.92 Å². The molecule has 1 atom stereocenters. The van der Waals surface area contributed by atoms with Gasteiger partial charge in [0.05, 0.1) is 0 Å². The highest BCUT2D eigenvalue weighted by Crippen LogP contribution is 2.22. The number of anilines is 1. The van der Waals surface area contributed by atoms with Gasteiger partial charge in [-0.05, 0) is 24.6 Å². The number of carboxylic acid groups (broad SMARTS) is 1.